The predicted molar refractivity (Wildman–Crippen MR) is 89.3 cm³/mol. The number of aliphatic hydroxyl groups excluding tert-OH is 1. The van der Waals surface area contributed by atoms with Gasteiger partial charge in [-0.05, 0) is 29.7 Å². The van der Waals surface area contributed by atoms with Crippen molar-refractivity contribution in [3.05, 3.63) is 29.3 Å². The highest BCUT2D eigenvalue weighted by atomic mass is 35.5. The van der Waals surface area contributed by atoms with Crippen molar-refractivity contribution in [3.8, 4) is 0 Å². The number of carbonyl (C=O) groups is 1. The summed E-state index contributed by atoms with van der Waals surface area (Å²) >= 11 is 7.10. The fraction of sp³-hybridized carbons (Fsp3) is 0.357. The monoisotopic (exact) mass is 374 g/mol. The van der Waals surface area contributed by atoms with Crippen LogP contribution in [0.4, 0.5) is 0 Å². The Morgan fingerprint density at radius 3 is 2.74 bits per heavy atom. The van der Waals surface area contributed by atoms with Crippen LogP contribution in [0.1, 0.15) is 0 Å². The van der Waals surface area contributed by atoms with Gasteiger partial charge >= 0.3 is 0 Å². The third kappa shape index (κ3) is 3.22. The lowest BCUT2D eigenvalue weighted by Crippen LogP contribution is -2.52. The number of fused-ring (bicyclic) bond motifs is 1. The van der Waals surface area contributed by atoms with Crippen LogP contribution in [-0.2, 0) is 14.8 Å². The summed E-state index contributed by atoms with van der Waals surface area (Å²) in [5, 5.41) is 10.2. The molecule has 9 heteroatoms. The van der Waals surface area contributed by atoms with E-state index in [0.29, 0.717) is 5.02 Å². The Hall–Kier alpha value is -1.19. The Morgan fingerprint density at radius 2 is 2.04 bits per heavy atom. The van der Waals surface area contributed by atoms with E-state index in [2.05, 4.69) is 0 Å². The van der Waals surface area contributed by atoms with Gasteiger partial charge in [0.1, 0.15) is 4.21 Å². The molecule has 1 aromatic carbocycles. The second kappa shape index (κ2) is 6.37. The first-order valence-corrected chi connectivity index (χ1v) is 9.63. The molecule has 0 spiro atoms. The van der Waals surface area contributed by atoms with Crippen LogP contribution in [0.15, 0.2) is 28.5 Å². The number of rotatable bonds is 4. The maximum atomic E-state index is 12.7. The molecule has 0 aliphatic carbocycles. The van der Waals surface area contributed by atoms with Crippen LogP contribution >= 0.6 is 22.9 Å². The minimum absolute atomic E-state index is 0.129. The number of amides is 1. The summed E-state index contributed by atoms with van der Waals surface area (Å²) in [5.74, 6) is -0.293. The van der Waals surface area contributed by atoms with Crippen molar-refractivity contribution in [2.75, 3.05) is 32.8 Å². The van der Waals surface area contributed by atoms with Gasteiger partial charge in [-0.25, -0.2) is 8.42 Å². The quantitative estimate of drug-likeness (QED) is 0.877. The van der Waals surface area contributed by atoms with Crippen molar-refractivity contribution in [1.29, 1.82) is 0 Å². The van der Waals surface area contributed by atoms with E-state index >= 15 is 0 Å². The first kappa shape index (κ1) is 16.7. The van der Waals surface area contributed by atoms with Gasteiger partial charge in [0.15, 0.2) is 0 Å². The molecule has 1 saturated heterocycles. The zero-order valence-corrected chi connectivity index (χ0v) is 14.5. The molecule has 0 bridgehead atoms. The second-order valence-corrected chi connectivity index (χ2v) is 8.88. The largest absolute Gasteiger partial charge is 0.395 e. The Balaban J connectivity index is 1.87. The molecular weight excluding hydrogens is 360 g/mol. The molecule has 1 amide bonds. The Morgan fingerprint density at radius 1 is 1.26 bits per heavy atom. The van der Waals surface area contributed by atoms with E-state index in [1.54, 1.807) is 24.3 Å². The summed E-state index contributed by atoms with van der Waals surface area (Å²) in [6.07, 6.45) is 0. The van der Waals surface area contributed by atoms with Crippen LogP contribution < -0.4 is 0 Å². The lowest BCUT2D eigenvalue weighted by molar-refractivity contribution is -0.134. The molecule has 0 saturated carbocycles. The van der Waals surface area contributed by atoms with E-state index in [-0.39, 0.29) is 42.9 Å². The molecule has 0 atom stereocenters. The lowest BCUT2D eigenvalue weighted by Gasteiger charge is -2.32. The van der Waals surface area contributed by atoms with Gasteiger partial charge in [0.2, 0.25) is 5.91 Å². The minimum Gasteiger partial charge on any atom is -0.395 e. The number of halogens is 1. The number of hydrogen-bond acceptors (Lipinski definition) is 5. The van der Waals surface area contributed by atoms with Crippen molar-refractivity contribution >= 4 is 49.0 Å². The second-order valence-electron chi connectivity index (χ2n) is 5.19. The van der Waals surface area contributed by atoms with Crippen molar-refractivity contribution in [3.63, 3.8) is 0 Å². The van der Waals surface area contributed by atoms with Gasteiger partial charge in [-0.2, -0.15) is 4.31 Å². The van der Waals surface area contributed by atoms with Crippen molar-refractivity contribution < 1.29 is 18.3 Å². The normalized spacial score (nSPS) is 17.1. The molecule has 0 radical (unpaired) electrons. The number of piperazine rings is 1. The number of benzene rings is 1. The van der Waals surface area contributed by atoms with Crippen LogP contribution in [-0.4, -0.2) is 61.4 Å². The molecule has 0 unspecified atom stereocenters. The standard InChI is InChI=1S/C14H15ClN2O4S2/c15-11-1-2-12-10(7-11)8-14(22-12)23(20,21)17-4-3-16(5-6-18)13(19)9-17/h1-2,7-8,18H,3-6,9H2. The molecule has 2 aromatic rings. The smallest absolute Gasteiger partial charge is 0.253 e. The van der Waals surface area contributed by atoms with Gasteiger partial charge in [0.05, 0.1) is 13.2 Å². The van der Waals surface area contributed by atoms with Crippen molar-refractivity contribution in [2.24, 2.45) is 0 Å². The van der Waals surface area contributed by atoms with E-state index in [0.717, 1.165) is 10.1 Å². The third-order valence-electron chi connectivity index (χ3n) is 3.70. The summed E-state index contributed by atoms with van der Waals surface area (Å²) in [4.78, 5) is 13.5. The number of hydrogen-bond donors (Lipinski definition) is 1. The molecule has 23 heavy (non-hydrogen) atoms. The van der Waals surface area contributed by atoms with Gasteiger partial charge in [-0.3, -0.25) is 4.79 Å². The fourth-order valence-corrected chi connectivity index (χ4v) is 5.59. The summed E-state index contributed by atoms with van der Waals surface area (Å²) in [5.41, 5.74) is 0. The highest BCUT2D eigenvalue weighted by Crippen LogP contribution is 2.32. The van der Waals surface area contributed by atoms with Gasteiger partial charge < -0.3 is 10.0 Å². The molecule has 1 aromatic heterocycles. The first-order chi connectivity index (χ1) is 10.9. The highest BCUT2D eigenvalue weighted by Gasteiger charge is 2.33. The molecule has 6 nitrogen and oxygen atoms in total. The first-order valence-electron chi connectivity index (χ1n) is 7.00. The van der Waals surface area contributed by atoms with E-state index in [1.807, 2.05) is 0 Å². The number of carbonyl (C=O) groups excluding carboxylic acids is 1. The van der Waals surface area contributed by atoms with Gasteiger partial charge in [-0.1, -0.05) is 11.6 Å². The average Bonchev–Trinajstić information content (AvgIpc) is 2.93. The molecule has 3 rings (SSSR count). The van der Waals surface area contributed by atoms with Gasteiger partial charge in [-0.15, -0.1) is 11.3 Å². The van der Waals surface area contributed by atoms with E-state index < -0.39 is 10.0 Å². The van der Waals surface area contributed by atoms with Gasteiger partial charge in [0, 0.05) is 29.4 Å². The third-order valence-corrected chi connectivity index (χ3v) is 7.35. The number of β-amino-alcohol motifs (C(OH)–C–C–N with tert-alkyl or cyclic N) is 1. The molecule has 1 aliphatic rings. The van der Waals surface area contributed by atoms with E-state index in [1.165, 1.54) is 20.5 Å². The maximum absolute atomic E-state index is 12.7. The van der Waals surface area contributed by atoms with Crippen LogP contribution in [0.5, 0.6) is 0 Å². The molecule has 1 N–H and O–H groups in total. The van der Waals surface area contributed by atoms with E-state index in [4.69, 9.17) is 16.7 Å². The lowest BCUT2D eigenvalue weighted by atomic mass is 10.3. The molecule has 124 valence electrons. The SMILES string of the molecule is O=C1CN(S(=O)(=O)c2cc3cc(Cl)ccc3s2)CCN1CCO. The summed E-state index contributed by atoms with van der Waals surface area (Å²) in [6.45, 7) is 0.416. The predicted octanol–water partition coefficient (Wildman–Crippen LogP) is 1.38. The number of nitrogens with zero attached hydrogens (tertiary/aromatic N) is 2. The van der Waals surface area contributed by atoms with Crippen LogP contribution in [0.2, 0.25) is 5.02 Å². The topological polar surface area (TPSA) is 77.9 Å². The number of sulfonamides is 1. The Kier molecular flexibility index (Phi) is 4.61. The zero-order valence-electron chi connectivity index (χ0n) is 12.1. The van der Waals surface area contributed by atoms with Crippen LogP contribution in [0.25, 0.3) is 10.1 Å². The van der Waals surface area contributed by atoms with Crippen molar-refractivity contribution in [1.82, 2.24) is 9.21 Å². The highest BCUT2D eigenvalue weighted by molar-refractivity contribution is 7.91. The minimum atomic E-state index is -3.71. The number of thiophene rings is 1. The molecule has 1 fully saturated rings. The summed E-state index contributed by atoms with van der Waals surface area (Å²) in [7, 11) is -3.71. The number of aliphatic hydroxyl groups is 1. The van der Waals surface area contributed by atoms with Crippen LogP contribution in [0, 0.1) is 0 Å². The van der Waals surface area contributed by atoms with Crippen LogP contribution in [0.3, 0.4) is 0 Å². The zero-order chi connectivity index (χ0) is 16.6. The summed E-state index contributed by atoms with van der Waals surface area (Å²) < 4.78 is 27.7. The maximum Gasteiger partial charge on any atom is 0.253 e. The average molecular weight is 375 g/mol. The van der Waals surface area contributed by atoms with E-state index in [9.17, 15) is 13.2 Å². The Bertz CT molecular complexity index is 850. The molecular formula is C14H15ClN2O4S2. The summed E-state index contributed by atoms with van der Waals surface area (Å²) in [6, 6.07) is 6.81. The Labute approximate surface area is 142 Å². The fourth-order valence-electron chi connectivity index (χ4n) is 2.49. The molecule has 2 heterocycles. The van der Waals surface area contributed by atoms with Gasteiger partial charge in [0.25, 0.3) is 10.0 Å². The molecule has 1 aliphatic heterocycles. The van der Waals surface area contributed by atoms with Crippen molar-refractivity contribution in [2.45, 2.75) is 4.21 Å².